The second kappa shape index (κ2) is 8.25. The molecule has 4 N–H and O–H groups in total. The minimum atomic E-state index is -0.225. The maximum atomic E-state index is 12.0. The Morgan fingerprint density at radius 1 is 1.05 bits per heavy atom. The van der Waals surface area contributed by atoms with E-state index in [4.69, 9.17) is 11.5 Å². The molecular formula is C16H27N3O. The van der Waals surface area contributed by atoms with Crippen LogP contribution < -0.4 is 11.5 Å². The van der Waals surface area contributed by atoms with Gasteiger partial charge in [0, 0.05) is 25.5 Å². The quantitative estimate of drug-likeness (QED) is 0.578. The van der Waals surface area contributed by atoms with Crippen LogP contribution in [0, 0.1) is 0 Å². The van der Waals surface area contributed by atoms with Crippen LogP contribution in [0.15, 0.2) is 46.5 Å². The summed E-state index contributed by atoms with van der Waals surface area (Å²) in [6.45, 7) is 7.51. The lowest BCUT2D eigenvalue weighted by Gasteiger charge is -2.17. The van der Waals surface area contributed by atoms with Crippen LogP contribution in [-0.4, -0.2) is 24.8 Å². The highest BCUT2D eigenvalue weighted by Gasteiger charge is 2.09. The smallest absolute Gasteiger partial charge is 0.206 e. The number of carbonyl (C=O) groups is 1. The van der Waals surface area contributed by atoms with Crippen LogP contribution in [0.1, 0.15) is 34.1 Å². The summed E-state index contributed by atoms with van der Waals surface area (Å²) in [7, 11) is 3.95. The predicted octanol–water partition coefficient (Wildman–Crippen LogP) is 2.45. The molecule has 0 aromatic heterocycles. The van der Waals surface area contributed by atoms with Crippen molar-refractivity contribution >= 4 is 5.78 Å². The van der Waals surface area contributed by atoms with Crippen molar-refractivity contribution in [2.45, 2.75) is 34.1 Å². The average molecular weight is 277 g/mol. The number of rotatable bonds is 6. The minimum absolute atomic E-state index is 0.111. The van der Waals surface area contributed by atoms with Gasteiger partial charge in [0.2, 0.25) is 5.78 Å². The molecule has 4 heteroatoms. The summed E-state index contributed by atoms with van der Waals surface area (Å²) in [6.07, 6.45) is 6.82. The van der Waals surface area contributed by atoms with Gasteiger partial charge in [-0.1, -0.05) is 19.1 Å². The third-order valence-corrected chi connectivity index (χ3v) is 2.91. The topological polar surface area (TPSA) is 72.3 Å². The molecule has 0 bridgehead atoms. The molecule has 0 radical (unpaired) electrons. The van der Waals surface area contributed by atoms with Gasteiger partial charge < -0.3 is 16.4 Å². The monoisotopic (exact) mass is 277 g/mol. The Balaban J connectivity index is 5.40. The highest BCUT2D eigenvalue weighted by molar-refractivity contribution is 6.07. The van der Waals surface area contributed by atoms with Crippen molar-refractivity contribution < 1.29 is 4.79 Å². The molecule has 4 nitrogen and oxygen atoms in total. The molecule has 112 valence electrons. The predicted molar refractivity (Wildman–Crippen MR) is 85.7 cm³/mol. The average Bonchev–Trinajstić information content (AvgIpc) is 2.36. The van der Waals surface area contributed by atoms with Crippen LogP contribution in [0.2, 0.25) is 0 Å². The molecule has 20 heavy (non-hydrogen) atoms. The first-order valence-corrected chi connectivity index (χ1v) is 6.71. The Hall–Kier alpha value is -1.97. The van der Waals surface area contributed by atoms with E-state index in [1.807, 2.05) is 25.1 Å². The summed E-state index contributed by atoms with van der Waals surface area (Å²) in [4.78, 5) is 14.0. The maximum Gasteiger partial charge on any atom is 0.206 e. The third kappa shape index (κ3) is 5.34. The molecular weight excluding hydrogens is 250 g/mol. The van der Waals surface area contributed by atoms with Gasteiger partial charge in [0.05, 0.1) is 5.70 Å². The first kappa shape index (κ1) is 18.0. The standard InChI is InChI=1S/C16H27N3O/c1-7-8-11(2)14(19(5)6)10-9-12(3)16(20)15(18)13(4)17/h8-10H,7,17-18H2,1-6H3/b11-8+,12-9+,14-10+,15-13+. The molecule has 0 unspecified atom stereocenters. The van der Waals surface area contributed by atoms with Crippen molar-refractivity contribution in [3.63, 3.8) is 0 Å². The normalized spacial score (nSPS) is 15.0. The Kier molecular flexibility index (Phi) is 7.44. The van der Waals surface area contributed by atoms with E-state index in [1.165, 1.54) is 5.57 Å². The number of hydrogen-bond donors (Lipinski definition) is 2. The van der Waals surface area contributed by atoms with Crippen molar-refractivity contribution in [2.24, 2.45) is 11.5 Å². The summed E-state index contributed by atoms with van der Waals surface area (Å²) in [5.74, 6) is -0.225. The van der Waals surface area contributed by atoms with Crippen molar-refractivity contribution in [1.82, 2.24) is 4.90 Å². The van der Waals surface area contributed by atoms with Gasteiger partial charge in [0.1, 0.15) is 0 Å². The highest BCUT2D eigenvalue weighted by Crippen LogP contribution is 2.14. The molecule has 0 amide bonds. The Labute approximate surface area is 122 Å². The van der Waals surface area contributed by atoms with Crippen LogP contribution in [0.4, 0.5) is 0 Å². The van der Waals surface area contributed by atoms with E-state index in [-0.39, 0.29) is 11.5 Å². The van der Waals surface area contributed by atoms with Gasteiger partial charge >= 0.3 is 0 Å². The zero-order chi connectivity index (χ0) is 15.9. The van der Waals surface area contributed by atoms with Crippen LogP contribution >= 0.6 is 0 Å². The largest absolute Gasteiger partial charge is 0.400 e. The van der Waals surface area contributed by atoms with Crippen LogP contribution in [-0.2, 0) is 4.79 Å². The molecule has 0 aliphatic carbocycles. The van der Waals surface area contributed by atoms with E-state index in [0.29, 0.717) is 11.3 Å². The van der Waals surface area contributed by atoms with Crippen molar-refractivity contribution in [2.75, 3.05) is 14.1 Å². The summed E-state index contributed by atoms with van der Waals surface area (Å²) < 4.78 is 0. The number of likely N-dealkylation sites (N-methyl/N-ethyl adjacent to an activating group) is 1. The SMILES string of the molecule is CC/C=C(C)/C(=C\C=C(/C)C(=O)/C(N)=C(/C)N)N(C)C. The Bertz CT molecular complexity index is 476. The molecule has 0 atom stereocenters. The van der Waals surface area contributed by atoms with E-state index in [0.717, 1.165) is 12.1 Å². The molecule has 0 saturated carbocycles. The number of nitrogens with two attached hydrogens (primary N) is 2. The van der Waals surface area contributed by atoms with Gasteiger partial charge in [-0.15, -0.1) is 0 Å². The van der Waals surface area contributed by atoms with Gasteiger partial charge in [-0.3, -0.25) is 4.79 Å². The van der Waals surface area contributed by atoms with Crippen LogP contribution in [0.5, 0.6) is 0 Å². The summed E-state index contributed by atoms with van der Waals surface area (Å²) in [5, 5.41) is 0. The lowest BCUT2D eigenvalue weighted by molar-refractivity contribution is -0.112. The number of nitrogens with zero attached hydrogens (tertiary/aromatic N) is 1. The fourth-order valence-electron chi connectivity index (χ4n) is 1.72. The lowest BCUT2D eigenvalue weighted by Crippen LogP contribution is -2.17. The van der Waals surface area contributed by atoms with Gasteiger partial charge in [0.15, 0.2) is 0 Å². The van der Waals surface area contributed by atoms with E-state index < -0.39 is 0 Å². The maximum absolute atomic E-state index is 12.0. The molecule has 0 aliphatic heterocycles. The third-order valence-electron chi connectivity index (χ3n) is 2.91. The van der Waals surface area contributed by atoms with Crippen LogP contribution in [0.25, 0.3) is 0 Å². The van der Waals surface area contributed by atoms with Gasteiger partial charge in [-0.25, -0.2) is 0 Å². The first-order valence-electron chi connectivity index (χ1n) is 6.71. The second-order valence-electron chi connectivity index (χ2n) is 5.02. The molecule has 0 heterocycles. The molecule has 0 rings (SSSR count). The zero-order valence-corrected chi connectivity index (χ0v) is 13.4. The summed E-state index contributed by atoms with van der Waals surface area (Å²) in [5.41, 5.74) is 14.5. The molecule has 0 aromatic rings. The molecule has 0 fully saturated rings. The Morgan fingerprint density at radius 3 is 2.00 bits per heavy atom. The number of allylic oxidation sites excluding steroid dienone is 6. The molecule has 0 aliphatic rings. The number of carbonyl (C=O) groups excluding carboxylic acids is 1. The van der Waals surface area contributed by atoms with Gasteiger partial charge in [-0.2, -0.15) is 0 Å². The Morgan fingerprint density at radius 2 is 1.60 bits per heavy atom. The number of ketones is 1. The second-order valence-corrected chi connectivity index (χ2v) is 5.02. The van der Waals surface area contributed by atoms with Gasteiger partial charge in [-0.05, 0) is 44.4 Å². The fourth-order valence-corrected chi connectivity index (χ4v) is 1.72. The number of hydrogen-bond acceptors (Lipinski definition) is 4. The molecule has 0 saturated heterocycles. The highest BCUT2D eigenvalue weighted by atomic mass is 16.1. The van der Waals surface area contributed by atoms with Crippen LogP contribution in [0.3, 0.4) is 0 Å². The summed E-state index contributed by atoms with van der Waals surface area (Å²) >= 11 is 0. The zero-order valence-electron chi connectivity index (χ0n) is 13.4. The van der Waals surface area contributed by atoms with E-state index in [1.54, 1.807) is 19.9 Å². The summed E-state index contributed by atoms with van der Waals surface area (Å²) in [6, 6.07) is 0. The van der Waals surface area contributed by atoms with Crippen molar-refractivity contribution in [3.05, 3.63) is 46.5 Å². The lowest BCUT2D eigenvalue weighted by atomic mass is 10.1. The van der Waals surface area contributed by atoms with E-state index >= 15 is 0 Å². The minimum Gasteiger partial charge on any atom is -0.400 e. The number of Topliss-reactive ketones (excluding diaryl/α,β-unsaturated/α-hetero) is 1. The van der Waals surface area contributed by atoms with Gasteiger partial charge in [0.25, 0.3) is 0 Å². The van der Waals surface area contributed by atoms with E-state index in [9.17, 15) is 4.79 Å². The molecule has 0 aromatic carbocycles. The van der Waals surface area contributed by atoms with Crippen molar-refractivity contribution in [3.8, 4) is 0 Å². The fraction of sp³-hybridized carbons (Fsp3) is 0.438. The van der Waals surface area contributed by atoms with Crippen molar-refractivity contribution in [1.29, 1.82) is 0 Å². The first-order chi connectivity index (χ1) is 9.22. The molecule has 0 spiro atoms. The van der Waals surface area contributed by atoms with E-state index in [2.05, 4.69) is 19.9 Å².